The number of hydrogen-bond donors (Lipinski definition) is 2. The van der Waals surface area contributed by atoms with Crippen LogP contribution in [0.25, 0.3) is 0 Å². The van der Waals surface area contributed by atoms with Crippen LogP contribution in [-0.4, -0.2) is 45.9 Å². The predicted molar refractivity (Wildman–Crippen MR) is 79.0 cm³/mol. The summed E-state index contributed by atoms with van der Waals surface area (Å²) in [7, 11) is 0. The van der Waals surface area contributed by atoms with Gasteiger partial charge in [-0.1, -0.05) is 12.8 Å². The average molecular weight is 308 g/mol. The minimum Gasteiger partial charge on any atom is -0.480 e. The van der Waals surface area contributed by atoms with Crippen LogP contribution in [0.2, 0.25) is 0 Å². The van der Waals surface area contributed by atoms with Gasteiger partial charge in [0.1, 0.15) is 5.54 Å². The van der Waals surface area contributed by atoms with Gasteiger partial charge in [0.2, 0.25) is 11.8 Å². The monoisotopic (exact) mass is 308 g/mol. The van der Waals surface area contributed by atoms with Crippen LogP contribution in [0.1, 0.15) is 51.9 Å². The van der Waals surface area contributed by atoms with Gasteiger partial charge in [0, 0.05) is 19.0 Å². The Morgan fingerprint density at radius 3 is 2.41 bits per heavy atom. The molecule has 1 aliphatic heterocycles. The van der Waals surface area contributed by atoms with Crippen LogP contribution in [-0.2, 0) is 14.4 Å². The van der Waals surface area contributed by atoms with Gasteiger partial charge in [-0.3, -0.25) is 9.59 Å². The van der Waals surface area contributed by atoms with Crippen molar-refractivity contribution in [2.45, 2.75) is 63.5 Å². The highest BCUT2D eigenvalue weighted by Crippen LogP contribution is 2.40. The maximum Gasteiger partial charge on any atom is 0.329 e. The number of carboxylic acids is 1. The summed E-state index contributed by atoms with van der Waals surface area (Å²) in [4.78, 5) is 37.9. The molecule has 2 saturated carbocycles. The zero-order valence-corrected chi connectivity index (χ0v) is 13.0. The molecule has 6 nitrogen and oxygen atoms in total. The van der Waals surface area contributed by atoms with E-state index in [1.807, 2.05) is 4.90 Å². The molecule has 6 heteroatoms. The lowest BCUT2D eigenvalue weighted by molar-refractivity contribution is -0.148. The standard InChI is InChI=1S/C16H24N2O4/c1-16(15(21)22,11-6-7-11)17-14(20)10-8-13(19)18(9-10)12-4-2-3-5-12/h10-12H,2-9H2,1H3,(H,17,20)(H,21,22)/t10-,16+/m0/s1. The summed E-state index contributed by atoms with van der Waals surface area (Å²) < 4.78 is 0. The van der Waals surface area contributed by atoms with E-state index in [9.17, 15) is 19.5 Å². The molecule has 0 aromatic rings. The molecule has 0 spiro atoms. The number of carbonyl (C=O) groups excluding carboxylic acids is 2. The molecule has 0 aromatic heterocycles. The van der Waals surface area contributed by atoms with Gasteiger partial charge in [0.05, 0.1) is 5.92 Å². The molecule has 1 saturated heterocycles. The molecular weight excluding hydrogens is 284 g/mol. The molecule has 0 bridgehead atoms. The minimum absolute atomic E-state index is 0.0111. The highest BCUT2D eigenvalue weighted by molar-refractivity contribution is 5.93. The number of amides is 2. The Hall–Kier alpha value is -1.59. The first-order chi connectivity index (χ1) is 10.4. The fraction of sp³-hybridized carbons (Fsp3) is 0.812. The molecule has 0 aromatic carbocycles. The Balaban J connectivity index is 1.63. The molecule has 0 radical (unpaired) electrons. The Labute approximate surface area is 130 Å². The van der Waals surface area contributed by atoms with Crippen LogP contribution >= 0.6 is 0 Å². The molecule has 2 aliphatic carbocycles. The lowest BCUT2D eigenvalue weighted by Gasteiger charge is -2.28. The van der Waals surface area contributed by atoms with Crippen LogP contribution in [0.5, 0.6) is 0 Å². The van der Waals surface area contributed by atoms with Gasteiger partial charge >= 0.3 is 5.97 Å². The van der Waals surface area contributed by atoms with Crippen molar-refractivity contribution < 1.29 is 19.5 Å². The lowest BCUT2D eigenvalue weighted by atomic mass is 9.94. The second-order valence-corrected chi connectivity index (χ2v) is 7.16. The van der Waals surface area contributed by atoms with E-state index in [1.165, 1.54) is 0 Å². The quantitative estimate of drug-likeness (QED) is 0.797. The zero-order valence-electron chi connectivity index (χ0n) is 13.0. The van der Waals surface area contributed by atoms with E-state index in [-0.39, 0.29) is 30.2 Å². The Morgan fingerprint density at radius 1 is 1.23 bits per heavy atom. The van der Waals surface area contributed by atoms with Crippen molar-refractivity contribution >= 4 is 17.8 Å². The third kappa shape index (κ3) is 2.71. The van der Waals surface area contributed by atoms with Crippen molar-refractivity contribution in [2.75, 3.05) is 6.54 Å². The summed E-state index contributed by atoms with van der Waals surface area (Å²) in [5.74, 6) is -1.64. The molecule has 2 atom stereocenters. The number of aliphatic carboxylic acids is 1. The van der Waals surface area contributed by atoms with Crippen molar-refractivity contribution in [3.8, 4) is 0 Å². The number of carboxylic acid groups (broad SMARTS) is 1. The molecule has 122 valence electrons. The predicted octanol–water partition coefficient (Wildman–Crippen LogP) is 1.15. The number of nitrogens with one attached hydrogen (secondary N) is 1. The summed E-state index contributed by atoms with van der Waals surface area (Å²) in [5.41, 5.74) is -1.19. The Morgan fingerprint density at radius 2 is 1.86 bits per heavy atom. The molecule has 2 N–H and O–H groups in total. The summed E-state index contributed by atoms with van der Waals surface area (Å²) >= 11 is 0. The van der Waals surface area contributed by atoms with Crippen molar-refractivity contribution in [3.05, 3.63) is 0 Å². The summed E-state index contributed by atoms with van der Waals surface area (Å²) in [6.07, 6.45) is 6.21. The lowest BCUT2D eigenvalue weighted by Crippen LogP contribution is -2.55. The average Bonchev–Trinajstić information content (AvgIpc) is 3.05. The largest absolute Gasteiger partial charge is 0.480 e. The van der Waals surface area contributed by atoms with E-state index >= 15 is 0 Å². The number of nitrogens with zero attached hydrogens (tertiary/aromatic N) is 1. The van der Waals surface area contributed by atoms with Crippen molar-refractivity contribution in [1.82, 2.24) is 10.2 Å². The van der Waals surface area contributed by atoms with Gasteiger partial charge in [0.25, 0.3) is 0 Å². The highest BCUT2D eigenvalue weighted by atomic mass is 16.4. The summed E-state index contributed by atoms with van der Waals surface area (Å²) in [5, 5.41) is 12.1. The van der Waals surface area contributed by atoms with Crippen LogP contribution in [0.3, 0.4) is 0 Å². The molecule has 1 heterocycles. The molecule has 3 aliphatic rings. The first kappa shape index (κ1) is 15.3. The van der Waals surface area contributed by atoms with Gasteiger partial charge in [-0.05, 0) is 38.5 Å². The fourth-order valence-electron chi connectivity index (χ4n) is 3.82. The van der Waals surface area contributed by atoms with Crippen LogP contribution < -0.4 is 5.32 Å². The number of hydrogen-bond acceptors (Lipinski definition) is 3. The normalized spacial score (nSPS) is 28.7. The first-order valence-electron chi connectivity index (χ1n) is 8.26. The van der Waals surface area contributed by atoms with Gasteiger partial charge in [0.15, 0.2) is 0 Å². The third-order valence-electron chi connectivity index (χ3n) is 5.52. The Kier molecular flexibility index (Phi) is 3.87. The summed E-state index contributed by atoms with van der Waals surface area (Å²) in [6, 6.07) is 0.277. The maximum atomic E-state index is 12.5. The molecule has 3 rings (SSSR count). The second kappa shape index (κ2) is 5.56. The van der Waals surface area contributed by atoms with Crippen molar-refractivity contribution in [1.29, 1.82) is 0 Å². The number of rotatable bonds is 5. The minimum atomic E-state index is -1.19. The van der Waals surface area contributed by atoms with Gasteiger partial charge in [-0.15, -0.1) is 0 Å². The third-order valence-corrected chi connectivity index (χ3v) is 5.52. The van der Waals surface area contributed by atoms with Gasteiger partial charge in [-0.25, -0.2) is 4.79 Å². The number of likely N-dealkylation sites (tertiary alicyclic amines) is 1. The van der Waals surface area contributed by atoms with Crippen LogP contribution in [0, 0.1) is 11.8 Å². The van der Waals surface area contributed by atoms with Crippen molar-refractivity contribution in [2.24, 2.45) is 11.8 Å². The molecule has 22 heavy (non-hydrogen) atoms. The van der Waals surface area contributed by atoms with E-state index < -0.39 is 17.4 Å². The highest BCUT2D eigenvalue weighted by Gasteiger charge is 2.50. The molecular formula is C16H24N2O4. The smallest absolute Gasteiger partial charge is 0.329 e. The molecule has 2 amide bonds. The van der Waals surface area contributed by atoms with Crippen LogP contribution in [0.4, 0.5) is 0 Å². The Bertz CT molecular complexity index is 496. The SMILES string of the molecule is C[C@](NC(=O)[C@H]1CC(=O)N(C2CCCC2)C1)(C(=O)O)C1CC1. The number of carbonyl (C=O) groups is 3. The van der Waals surface area contributed by atoms with Crippen LogP contribution in [0.15, 0.2) is 0 Å². The zero-order chi connectivity index (χ0) is 15.9. The van der Waals surface area contributed by atoms with Gasteiger partial charge in [-0.2, -0.15) is 0 Å². The molecule has 0 unspecified atom stereocenters. The van der Waals surface area contributed by atoms with E-state index in [4.69, 9.17) is 0 Å². The first-order valence-corrected chi connectivity index (χ1v) is 8.26. The van der Waals surface area contributed by atoms with Gasteiger partial charge < -0.3 is 15.3 Å². The van der Waals surface area contributed by atoms with E-state index in [0.717, 1.165) is 38.5 Å². The van der Waals surface area contributed by atoms with Crippen molar-refractivity contribution in [3.63, 3.8) is 0 Å². The topological polar surface area (TPSA) is 86.7 Å². The maximum absolute atomic E-state index is 12.5. The molecule has 3 fully saturated rings. The fourth-order valence-corrected chi connectivity index (χ4v) is 3.82. The van der Waals surface area contributed by atoms with E-state index in [2.05, 4.69) is 5.32 Å². The second-order valence-electron chi connectivity index (χ2n) is 7.16. The summed E-state index contributed by atoms with van der Waals surface area (Å²) in [6.45, 7) is 2.02. The van der Waals surface area contributed by atoms with E-state index in [1.54, 1.807) is 6.92 Å². The van der Waals surface area contributed by atoms with E-state index in [0.29, 0.717) is 6.54 Å².